The van der Waals surface area contributed by atoms with Crippen LogP contribution in [-0.4, -0.2) is 23.8 Å². The quantitative estimate of drug-likeness (QED) is 0.560. The molecule has 2 atom stereocenters. The molecule has 2 unspecified atom stereocenters. The average Bonchev–Trinajstić information content (AvgIpc) is 2.29. The highest BCUT2D eigenvalue weighted by Gasteiger charge is 2.11. The van der Waals surface area contributed by atoms with Crippen LogP contribution in [0.5, 0.6) is 0 Å². The normalized spacial score (nSPS) is 14.7. The van der Waals surface area contributed by atoms with Crippen molar-refractivity contribution in [3.8, 4) is 0 Å². The van der Waals surface area contributed by atoms with Crippen LogP contribution in [0, 0.1) is 0 Å². The maximum atomic E-state index is 9.48. The van der Waals surface area contributed by atoms with Crippen LogP contribution in [0.25, 0.3) is 0 Å². The number of anilines is 1. The molecule has 0 saturated heterocycles. The summed E-state index contributed by atoms with van der Waals surface area (Å²) in [7, 11) is 0. The lowest BCUT2D eigenvalue weighted by molar-refractivity contribution is 0.166. The van der Waals surface area contributed by atoms with E-state index in [1.165, 1.54) is 0 Å². The van der Waals surface area contributed by atoms with Gasteiger partial charge in [0.1, 0.15) is 0 Å². The Hall–Kier alpha value is -1.10. The predicted molar refractivity (Wildman–Crippen MR) is 62.5 cm³/mol. The zero-order valence-electron chi connectivity index (χ0n) is 8.98. The van der Waals surface area contributed by atoms with Crippen LogP contribution in [0.2, 0.25) is 0 Å². The fourth-order valence-corrected chi connectivity index (χ4v) is 1.30. The second-order valence-electron chi connectivity index (χ2n) is 3.64. The van der Waals surface area contributed by atoms with E-state index in [0.29, 0.717) is 6.54 Å². The minimum Gasteiger partial charge on any atom is -0.390 e. The van der Waals surface area contributed by atoms with Gasteiger partial charge in [0.2, 0.25) is 0 Å². The van der Waals surface area contributed by atoms with Gasteiger partial charge in [-0.1, -0.05) is 12.1 Å². The third-order valence-electron chi connectivity index (χ3n) is 2.40. The Balaban J connectivity index is 2.57. The van der Waals surface area contributed by atoms with E-state index in [-0.39, 0.29) is 12.6 Å². The second kappa shape index (κ2) is 5.70. The zero-order valence-corrected chi connectivity index (χ0v) is 8.98. The van der Waals surface area contributed by atoms with Gasteiger partial charge in [0, 0.05) is 18.8 Å². The molecule has 4 nitrogen and oxygen atoms in total. The number of aliphatic hydroxyl groups excluding tert-OH is 1. The van der Waals surface area contributed by atoms with Gasteiger partial charge in [-0.25, -0.2) is 0 Å². The maximum absolute atomic E-state index is 9.48. The molecule has 0 aliphatic rings. The zero-order chi connectivity index (χ0) is 11.3. The molecule has 84 valence electrons. The molecule has 0 spiro atoms. The van der Waals surface area contributed by atoms with Gasteiger partial charge in [-0.3, -0.25) is 0 Å². The molecule has 6 N–H and O–H groups in total. The summed E-state index contributed by atoms with van der Waals surface area (Å²) in [5, 5.41) is 12.7. The highest BCUT2D eigenvalue weighted by molar-refractivity contribution is 5.45. The third kappa shape index (κ3) is 3.51. The minimum atomic E-state index is -0.529. The molecule has 0 heterocycles. The van der Waals surface area contributed by atoms with E-state index in [9.17, 15) is 5.11 Å². The van der Waals surface area contributed by atoms with Crippen molar-refractivity contribution in [1.82, 2.24) is 0 Å². The van der Waals surface area contributed by atoms with Gasteiger partial charge >= 0.3 is 0 Å². The first kappa shape index (κ1) is 12.0. The number of aliphatic hydroxyl groups is 1. The van der Waals surface area contributed by atoms with Gasteiger partial charge in [0.25, 0.3) is 0 Å². The van der Waals surface area contributed by atoms with Crippen molar-refractivity contribution in [1.29, 1.82) is 0 Å². The van der Waals surface area contributed by atoms with Crippen LogP contribution in [0.4, 0.5) is 5.69 Å². The Morgan fingerprint density at radius 3 is 2.33 bits per heavy atom. The summed E-state index contributed by atoms with van der Waals surface area (Å²) in [4.78, 5) is 0. The smallest absolute Gasteiger partial charge is 0.0860 e. The molecule has 0 aliphatic carbocycles. The average molecular weight is 209 g/mol. The summed E-state index contributed by atoms with van der Waals surface area (Å²) in [6.07, 6.45) is -0.529. The molecule has 0 fully saturated rings. The first-order valence-corrected chi connectivity index (χ1v) is 5.11. The van der Waals surface area contributed by atoms with Crippen LogP contribution in [0.15, 0.2) is 24.3 Å². The van der Waals surface area contributed by atoms with E-state index in [0.717, 1.165) is 11.3 Å². The predicted octanol–water partition coefficient (Wildman–Crippen LogP) is 0.265. The summed E-state index contributed by atoms with van der Waals surface area (Å²) in [5.41, 5.74) is 12.9. The molecule has 0 amide bonds. The van der Waals surface area contributed by atoms with E-state index in [1.54, 1.807) is 0 Å². The van der Waals surface area contributed by atoms with E-state index >= 15 is 0 Å². The third-order valence-corrected chi connectivity index (χ3v) is 2.40. The highest BCUT2D eigenvalue weighted by atomic mass is 16.3. The lowest BCUT2D eigenvalue weighted by atomic mass is 10.1. The standard InChI is InChI=1S/C11H19N3O/c1-8(11(15)7-13)14-10-4-2-9(6-12)3-5-10/h2-5,8,11,14-15H,6-7,12-13H2,1H3. The maximum Gasteiger partial charge on any atom is 0.0860 e. The summed E-state index contributed by atoms with van der Waals surface area (Å²) in [6.45, 7) is 2.70. The Kier molecular flexibility index (Phi) is 4.55. The van der Waals surface area contributed by atoms with E-state index in [1.807, 2.05) is 31.2 Å². The van der Waals surface area contributed by atoms with Crippen molar-refractivity contribution >= 4 is 5.69 Å². The molecule has 0 aliphatic heterocycles. The van der Waals surface area contributed by atoms with Crippen molar-refractivity contribution in [3.63, 3.8) is 0 Å². The number of rotatable bonds is 5. The highest BCUT2D eigenvalue weighted by Crippen LogP contribution is 2.11. The molecule has 1 aromatic carbocycles. The fourth-order valence-electron chi connectivity index (χ4n) is 1.30. The van der Waals surface area contributed by atoms with Gasteiger partial charge in [-0.15, -0.1) is 0 Å². The van der Waals surface area contributed by atoms with Crippen molar-refractivity contribution in [2.75, 3.05) is 11.9 Å². The summed E-state index contributed by atoms with van der Waals surface area (Å²) in [6, 6.07) is 7.76. The molecule has 1 aromatic rings. The summed E-state index contributed by atoms with van der Waals surface area (Å²) >= 11 is 0. The van der Waals surface area contributed by atoms with E-state index in [4.69, 9.17) is 11.5 Å². The van der Waals surface area contributed by atoms with Gasteiger partial charge in [0.15, 0.2) is 0 Å². The van der Waals surface area contributed by atoms with Crippen molar-refractivity contribution in [2.45, 2.75) is 25.6 Å². The van der Waals surface area contributed by atoms with Crippen LogP contribution < -0.4 is 16.8 Å². The number of benzene rings is 1. The fraction of sp³-hybridized carbons (Fsp3) is 0.455. The van der Waals surface area contributed by atoms with Crippen molar-refractivity contribution < 1.29 is 5.11 Å². The molecule has 1 rings (SSSR count). The molecule has 0 radical (unpaired) electrons. The van der Waals surface area contributed by atoms with Gasteiger partial charge in [0.05, 0.1) is 12.1 Å². The number of hydrogen-bond acceptors (Lipinski definition) is 4. The molecule has 0 aromatic heterocycles. The van der Waals surface area contributed by atoms with Crippen LogP contribution >= 0.6 is 0 Å². The summed E-state index contributed by atoms with van der Waals surface area (Å²) < 4.78 is 0. The number of nitrogens with one attached hydrogen (secondary N) is 1. The molecule has 0 saturated carbocycles. The number of nitrogens with two attached hydrogens (primary N) is 2. The second-order valence-corrected chi connectivity index (χ2v) is 3.64. The Labute approximate surface area is 90.3 Å². The molecular weight excluding hydrogens is 190 g/mol. The van der Waals surface area contributed by atoms with Crippen LogP contribution in [0.3, 0.4) is 0 Å². The lowest BCUT2D eigenvalue weighted by Crippen LogP contribution is -2.36. The van der Waals surface area contributed by atoms with Gasteiger partial charge in [-0.2, -0.15) is 0 Å². The largest absolute Gasteiger partial charge is 0.390 e. The first-order valence-electron chi connectivity index (χ1n) is 5.11. The van der Waals surface area contributed by atoms with Gasteiger partial charge in [-0.05, 0) is 24.6 Å². The van der Waals surface area contributed by atoms with Crippen LogP contribution in [-0.2, 0) is 6.54 Å². The Morgan fingerprint density at radius 2 is 1.87 bits per heavy atom. The van der Waals surface area contributed by atoms with Crippen molar-refractivity contribution in [2.24, 2.45) is 11.5 Å². The lowest BCUT2D eigenvalue weighted by Gasteiger charge is -2.19. The SMILES string of the molecule is CC(Nc1ccc(CN)cc1)C(O)CN. The topological polar surface area (TPSA) is 84.3 Å². The van der Waals surface area contributed by atoms with Gasteiger partial charge < -0.3 is 21.9 Å². The van der Waals surface area contributed by atoms with Crippen molar-refractivity contribution in [3.05, 3.63) is 29.8 Å². The summed E-state index contributed by atoms with van der Waals surface area (Å²) in [5.74, 6) is 0. The van der Waals surface area contributed by atoms with Crippen LogP contribution in [0.1, 0.15) is 12.5 Å². The minimum absolute atomic E-state index is 0.0567. The van der Waals surface area contributed by atoms with E-state index < -0.39 is 6.10 Å². The number of hydrogen-bond donors (Lipinski definition) is 4. The van der Waals surface area contributed by atoms with E-state index in [2.05, 4.69) is 5.32 Å². The monoisotopic (exact) mass is 209 g/mol. The Morgan fingerprint density at radius 1 is 1.27 bits per heavy atom. The molecule has 4 heteroatoms. The molecule has 15 heavy (non-hydrogen) atoms. The Bertz CT molecular complexity index is 286. The molecule has 0 bridgehead atoms. The molecular formula is C11H19N3O. The first-order chi connectivity index (χ1) is 7.17.